The molecule has 2 aliphatic carbocycles. The van der Waals surface area contributed by atoms with Gasteiger partial charge in [0.15, 0.2) is 0 Å². The molecule has 0 radical (unpaired) electrons. The van der Waals surface area contributed by atoms with E-state index >= 15 is 0 Å². The van der Waals surface area contributed by atoms with Crippen LogP contribution in [0.3, 0.4) is 0 Å². The van der Waals surface area contributed by atoms with Crippen molar-refractivity contribution in [2.24, 2.45) is 4.99 Å². The molecule has 5 aromatic carbocycles. The lowest BCUT2D eigenvalue weighted by Gasteiger charge is -2.33. The molecule has 0 N–H and O–H groups in total. The highest BCUT2D eigenvalue weighted by Gasteiger charge is 2.49. The molecule has 0 fully saturated rings. The monoisotopic (exact) mass is 619 g/mol. The number of hydrogen-bond acceptors (Lipinski definition) is 2. The second-order valence-corrected chi connectivity index (χ2v) is 16.0. The van der Waals surface area contributed by atoms with Crippen molar-refractivity contribution in [1.82, 2.24) is 0 Å². The van der Waals surface area contributed by atoms with E-state index in [4.69, 9.17) is 9.73 Å². The SMILES string of the molecule is Cc1cc(C)cc(P(c2cc(C)cc(C)c2)c2cccc3c2[C@@]2(CCc4cccc(C5=N[C@@H](Cc6ccccc6)CO5)c42)CC3)c1. The summed E-state index contributed by atoms with van der Waals surface area (Å²) in [4.78, 5) is 5.23. The highest BCUT2D eigenvalue weighted by Crippen LogP contribution is 2.55. The standard InChI is InChI=1S/C43H42NOP/c1-28-20-29(2)23-36(22-28)46(37-24-30(3)21-31(4)25-37)39-15-9-13-34-17-19-43(41(34)39)18-16-33-12-8-14-38(40(33)43)42-44-35(27-45-42)26-32-10-6-5-7-11-32/h5-15,20-25,35H,16-19,26-27H2,1-4H3/t35-,43-/m0/s1. The Morgan fingerprint density at radius 3 is 1.89 bits per heavy atom. The van der Waals surface area contributed by atoms with Crippen molar-refractivity contribution in [2.45, 2.75) is 71.3 Å². The molecule has 1 aliphatic heterocycles. The van der Waals surface area contributed by atoms with Crippen LogP contribution in [0.1, 0.15) is 68.5 Å². The van der Waals surface area contributed by atoms with E-state index in [9.17, 15) is 0 Å². The molecule has 0 saturated carbocycles. The number of aliphatic imine (C=N–C) groups is 1. The first-order valence-corrected chi connectivity index (χ1v) is 18.2. The smallest absolute Gasteiger partial charge is 0.216 e. The van der Waals surface area contributed by atoms with Gasteiger partial charge in [0.2, 0.25) is 5.90 Å². The number of nitrogens with zero attached hydrogens (tertiary/aromatic N) is 1. The molecule has 0 aromatic heterocycles. The van der Waals surface area contributed by atoms with E-state index in [2.05, 4.69) is 131 Å². The Kier molecular flexibility index (Phi) is 7.46. The van der Waals surface area contributed by atoms with Crippen molar-refractivity contribution in [1.29, 1.82) is 0 Å². The summed E-state index contributed by atoms with van der Waals surface area (Å²) in [6.07, 6.45) is 5.42. The van der Waals surface area contributed by atoms with Gasteiger partial charge in [-0.2, -0.15) is 0 Å². The third-order valence-corrected chi connectivity index (χ3v) is 12.7. The zero-order valence-corrected chi connectivity index (χ0v) is 28.3. The van der Waals surface area contributed by atoms with Gasteiger partial charge in [-0.1, -0.05) is 119 Å². The lowest BCUT2D eigenvalue weighted by atomic mass is 9.74. The minimum absolute atomic E-state index is 0.0282. The molecule has 5 aromatic rings. The van der Waals surface area contributed by atoms with Gasteiger partial charge >= 0.3 is 0 Å². The molecule has 230 valence electrons. The van der Waals surface area contributed by atoms with E-state index in [1.165, 1.54) is 66.0 Å². The fraction of sp³-hybridized carbons (Fsp3) is 0.279. The summed E-state index contributed by atoms with van der Waals surface area (Å²) in [5.74, 6) is 0.843. The zero-order chi connectivity index (χ0) is 31.4. The van der Waals surface area contributed by atoms with Crippen molar-refractivity contribution >= 4 is 29.7 Å². The Morgan fingerprint density at radius 2 is 1.26 bits per heavy atom. The van der Waals surface area contributed by atoms with Crippen molar-refractivity contribution in [2.75, 3.05) is 6.61 Å². The summed E-state index contributed by atoms with van der Waals surface area (Å²) in [6, 6.07) is 39.3. The van der Waals surface area contributed by atoms with Crippen LogP contribution >= 0.6 is 7.92 Å². The maximum absolute atomic E-state index is 6.46. The van der Waals surface area contributed by atoms with Crippen LogP contribution in [0.5, 0.6) is 0 Å². The maximum atomic E-state index is 6.46. The molecule has 8 rings (SSSR count). The molecular formula is C43H42NOP. The van der Waals surface area contributed by atoms with E-state index in [1.54, 1.807) is 5.56 Å². The van der Waals surface area contributed by atoms with Gasteiger partial charge in [-0.3, -0.25) is 0 Å². The molecule has 3 heteroatoms. The summed E-state index contributed by atoms with van der Waals surface area (Å²) in [6.45, 7) is 9.63. The minimum Gasteiger partial charge on any atom is -0.475 e. The van der Waals surface area contributed by atoms with E-state index in [0.717, 1.165) is 38.0 Å². The molecule has 0 bridgehead atoms. The van der Waals surface area contributed by atoms with Crippen molar-refractivity contribution in [3.63, 3.8) is 0 Å². The molecular weight excluding hydrogens is 577 g/mol. The van der Waals surface area contributed by atoms with Gasteiger partial charge in [0, 0.05) is 11.0 Å². The largest absolute Gasteiger partial charge is 0.475 e. The average molecular weight is 620 g/mol. The Labute approximate surface area is 275 Å². The molecule has 46 heavy (non-hydrogen) atoms. The van der Waals surface area contributed by atoms with Crippen LogP contribution in [0.2, 0.25) is 0 Å². The predicted molar refractivity (Wildman–Crippen MR) is 194 cm³/mol. The molecule has 0 unspecified atom stereocenters. The second-order valence-electron chi connectivity index (χ2n) is 13.8. The highest BCUT2D eigenvalue weighted by atomic mass is 31.1. The molecule has 2 nitrogen and oxygen atoms in total. The Morgan fingerprint density at radius 1 is 0.674 bits per heavy atom. The number of benzene rings is 5. The van der Waals surface area contributed by atoms with Crippen molar-refractivity contribution in [3.05, 3.63) is 159 Å². The van der Waals surface area contributed by atoms with Crippen LogP contribution in [-0.4, -0.2) is 18.5 Å². The number of rotatable bonds is 6. The Bertz CT molecular complexity index is 1900. The van der Waals surface area contributed by atoms with E-state index < -0.39 is 7.92 Å². The summed E-state index contributed by atoms with van der Waals surface area (Å²) in [5.41, 5.74) is 13.9. The second kappa shape index (κ2) is 11.7. The molecule has 3 aliphatic rings. The van der Waals surface area contributed by atoms with Crippen LogP contribution in [-0.2, 0) is 29.4 Å². The quantitative estimate of drug-likeness (QED) is 0.176. The van der Waals surface area contributed by atoms with Gasteiger partial charge < -0.3 is 4.74 Å². The number of fused-ring (bicyclic) bond motifs is 4. The molecule has 1 heterocycles. The summed E-state index contributed by atoms with van der Waals surface area (Å²) < 4.78 is 6.46. The molecule has 2 atom stereocenters. The minimum atomic E-state index is -0.762. The van der Waals surface area contributed by atoms with Gasteiger partial charge in [0.25, 0.3) is 0 Å². The summed E-state index contributed by atoms with van der Waals surface area (Å²) in [7, 11) is -0.762. The average Bonchev–Trinajstić information content (AvgIpc) is 3.76. The Balaban J connectivity index is 1.29. The van der Waals surface area contributed by atoms with Crippen molar-refractivity contribution in [3.8, 4) is 0 Å². The normalized spacial score (nSPS) is 19.8. The number of aryl methyl sites for hydroxylation is 6. The van der Waals surface area contributed by atoms with Gasteiger partial charge in [0.1, 0.15) is 6.61 Å². The third kappa shape index (κ3) is 5.12. The van der Waals surface area contributed by atoms with Crippen LogP contribution in [0.15, 0.2) is 108 Å². The molecule has 1 spiro atoms. The first-order chi connectivity index (χ1) is 22.4. The third-order valence-electron chi connectivity index (χ3n) is 10.3. The molecule has 0 saturated heterocycles. The van der Waals surface area contributed by atoms with E-state index in [1.807, 2.05) is 0 Å². The van der Waals surface area contributed by atoms with Gasteiger partial charge in [0.05, 0.1) is 6.04 Å². The summed E-state index contributed by atoms with van der Waals surface area (Å²) in [5, 5.41) is 4.43. The van der Waals surface area contributed by atoms with Crippen LogP contribution in [0, 0.1) is 27.7 Å². The highest BCUT2D eigenvalue weighted by molar-refractivity contribution is 7.80. The molecule has 0 amide bonds. The van der Waals surface area contributed by atoms with Gasteiger partial charge in [-0.25, -0.2) is 4.99 Å². The zero-order valence-electron chi connectivity index (χ0n) is 27.4. The number of ether oxygens (including phenoxy) is 1. The van der Waals surface area contributed by atoms with E-state index in [-0.39, 0.29) is 11.5 Å². The topological polar surface area (TPSA) is 21.6 Å². The van der Waals surface area contributed by atoms with Crippen LogP contribution in [0.4, 0.5) is 0 Å². The number of hydrogen-bond donors (Lipinski definition) is 0. The predicted octanol–water partition coefficient (Wildman–Crippen LogP) is 8.25. The van der Waals surface area contributed by atoms with Crippen molar-refractivity contribution < 1.29 is 4.74 Å². The first kappa shape index (κ1) is 29.4. The van der Waals surface area contributed by atoms with Crippen LogP contribution in [0.25, 0.3) is 0 Å². The van der Waals surface area contributed by atoms with Gasteiger partial charge in [-0.15, -0.1) is 0 Å². The lowest BCUT2D eigenvalue weighted by molar-refractivity contribution is 0.316. The Hall–Kier alpha value is -4.00. The van der Waals surface area contributed by atoms with E-state index in [0.29, 0.717) is 6.61 Å². The maximum Gasteiger partial charge on any atom is 0.216 e. The fourth-order valence-electron chi connectivity index (χ4n) is 8.67. The lowest BCUT2D eigenvalue weighted by Crippen LogP contribution is -2.33. The fourth-order valence-corrected chi connectivity index (χ4v) is 11.7. The van der Waals surface area contributed by atoms with Crippen LogP contribution < -0.4 is 15.9 Å². The summed E-state index contributed by atoms with van der Waals surface area (Å²) >= 11 is 0. The first-order valence-electron chi connectivity index (χ1n) is 16.8. The van der Waals surface area contributed by atoms with Gasteiger partial charge in [-0.05, 0) is 118 Å².